The summed E-state index contributed by atoms with van der Waals surface area (Å²) in [5.74, 6) is 0.270. The summed E-state index contributed by atoms with van der Waals surface area (Å²) in [6, 6.07) is 0. The first kappa shape index (κ1) is 13.1. The fourth-order valence-corrected chi connectivity index (χ4v) is 2.96. The number of hydrogen-bond donors (Lipinski definition) is 1. The Hall–Kier alpha value is 0.0600. The molecule has 1 N–H and O–H groups in total. The van der Waals surface area contributed by atoms with Crippen LogP contribution in [0.1, 0.15) is 26.2 Å². The minimum absolute atomic E-state index is 0.0271. The number of sulfone groups is 1. The van der Waals surface area contributed by atoms with E-state index in [0.717, 1.165) is 6.42 Å². The largest absolute Gasteiger partial charge is 0.306 e. The van der Waals surface area contributed by atoms with Gasteiger partial charge in [0.2, 0.25) is 0 Å². The first-order valence-electron chi connectivity index (χ1n) is 4.26. The van der Waals surface area contributed by atoms with Crippen LogP contribution >= 0.6 is 0 Å². The van der Waals surface area contributed by atoms with E-state index in [1.165, 1.54) is 0 Å². The molecule has 0 aliphatic carbocycles. The molecule has 0 aromatic rings. The number of hydrogen-bond acceptors (Lipinski definition) is 3. The van der Waals surface area contributed by atoms with Crippen LogP contribution < -0.4 is 0 Å². The Balaban J connectivity index is 3.70. The molecule has 1 unspecified atom stereocenters. The molecule has 1 atom stereocenters. The van der Waals surface area contributed by atoms with Crippen molar-refractivity contribution in [3.8, 4) is 0 Å². The fourth-order valence-electron chi connectivity index (χ4n) is 0.869. The molecule has 0 aliphatic rings. The highest BCUT2D eigenvalue weighted by atomic mass is 32.2. The van der Waals surface area contributed by atoms with E-state index in [1.54, 1.807) is 0 Å². The third-order valence-corrected chi connectivity index (χ3v) is 4.04. The minimum Gasteiger partial charge on any atom is -0.306 e. The van der Waals surface area contributed by atoms with Gasteiger partial charge in [-0.3, -0.25) is 0 Å². The van der Waals surface area contributed by atoms with Gasteiger partial charge in [0.1, 0.15) is 9.84 Å². The highest BCUT2D eigenvalue weighted by Crippen LogP contribution is 1.99. The van der Waals surface area contributed by atoms with Crippen LogP contribution in [0.5, 0.6) is 0 Å². The fraction of sp³-hybridized carbons (Fsp3) is 1.00. The topological polar surface area (TPSA) is 71.4 Å². The van der Waals surface area contributed by atoms with Crippen molar-refractivity contribution < 1.29 is 17.2 Å². The van der Waals surface area contributed by atoms with Gasteiger partial charge in [0.05, 0.1) is 17.3 Å². The molecule has 0 radical (unpaired) electrons. The van der Waals surface area contributed by atoms with E-state index in [1.807, 2.05) is 6.92 Å². The van der Waals surface area contributed by atoms with Crippen LogP contribution in [-0.2, 0) is 20.9 Å². The van der Waals surface area contributed by atoms with Crippen LogP contribution in [-0.4, -0.2) is 34.4 Å². The lowest BCUT2D eigenvalue weighted by Gasteiger charge is -2.01. The molecule has 0 aromatic heterocycles. The summed E-state index contributed by atoms with van der Waals surface area (Å²) in [4.78, 5) is 0. The van der Waals surface area contributed by atoms with Crippen LogP contribution in [0, 0.1) is 0 Å². The van der Waals surface area contributed by atoms with E-state index < -0.39 is 20.9 Å². The summed E-state index contributed by atoms with van der Waals surface area (Å²) in [5, 5.41) is 0. The molecule has 6 heteroatoms. The van der Waals surface area contributed by atoms with E-state index in [-0.39, 0.29) is 23.7 Å². The molecule has 0 saturated carbocycles. The van der Waals surface area contributed by atoms with Gasteiger partial charge >= 0.3 is 0 Å². The average molecular weight is 228 g/mol. The average Bonchev–Trinajstić information content (AvgIpc) is 2.00. The van der Waals surface area contributed by atoms with Crippen molar-refractivity contribution in [1.29, 1.82) is 0 Å². The van der Waals surface area contributed by atoms with E-state index in [0.29, 0.717) is 6.42 Å². The van der Waals surface area contributed by atoms with E-state index in [4.69, 9.17) is 4.55 Å². The standard InChI is InChI=1S/C7H16O4S2/c1-2-3-6-13(10,11)7-4-5-12(8)9/h2-7H2,1H3,(H,8,9). The maximum atomic E-state index is 11.2. The van der Waals surface area contributed by atoms with Crippen LogP contribution in [0.15, 0.2) is 0 Å². The van der Waals surface area contributed by atoms with Crippen molar-refractivity contribution in [2.45, 2.75) is 26.2 Å². The monoisotopic (exact) mass is 228 g/mol. The Labute approximate surface area is 81.9 Å². The molecule has 4 nitrogen and oxygen atoms in total. The molecular weight excluding hydrogens is 212 g/mol. The molecule has 0 amide bonds. The third-order valence-electron chi connectivity index (χ3n) is 1.58. The van der Waals surface area contributed by atoms with E-state index in [9.17, 15) is 12.6 Å². The maximum Gasteiger partial charge on any atom is 0.152 e. The van der Waals surface area contributed by atoms with Crippen molar-refractivity contribution in [3.05, 3.63) is 0 Å². The zero-order valence-electron chi connectivity index (χ0n) is 7.73. The van der Waals surface area contributed by atoms with Crippen molar-refractivity contribution in [2.24, 2.45) is 0 Å². The molecule has 0 fully saturated rings. The Morgan fingerprint density at radius 2 is 1.77 bits per heavy atom. The molecule has 13 heavy (non-hydrogen) atoms. The molecule has 0 bridgehead atoms. The Bertz CT molecular complexity index is 245. The van der Waals surface area contributed by atoms with E-state index >= 15 is 0 Å². The van der Waals surface area contributed by atoms with Crippen molar-refractivity contribution in [3.63, 3.8) is 0 Å². The Kier molecular flexibility index (Phi) is 6.53. The summed E-state index contributed by atoms with van der Waals surface area (Å²) in [6.45, 7) is 1.93. The van der Waals surface area contributed by atoms with Gasteiger partial charge in [-0.25, -0.2) is 12.6 Å². The number of unbranched alkanes of at least 4 members (excludes halogenated alkanes) is 1. The molecule has 0 spiro atoms. The second-order valence-electron chi connectivity index (χ2n) is 2.88. The van der Waals surface area contributed by atoms with Gasteiger partial charge in [0.25, 0.3) is 0 Å². The van der Waals surface area contributed by atoms with Gasteiger partial charge in [-0.2, -0.15) is 0 Å². The lowest BCUT2D eigenvalue weighted by molar-refractivity contribution is 0.562. The predicted molar refractivity (Wildman–Crippen MR) is 53.8 cm³/mol. The van der Waals surface area contributed by atoms with Crippen LogP contribution in [0.25, 0.3) is 0 Å². The Morgan fingerprint density at radius 3 is 2.23 bits per heavy atom. The van der Waals surface area contributed by atoms with Gasteiger partial charge in [0.15, 0.2) is 11.1 Å². The molecular formula is C7H16O4S2. The second kappa shape index (κ2) is 6.50. The third kappa shape index (κ3) is 8.39. The van der Waals surface area contributed by atoms with Crippen LogP contribution in [0.4, 0.5) is 0 Å². The first-order valence-corrected chi connectivity index (χ1v) is 7.35. The predicted octanol–water partition coefficient (Wildman–Crippen LogP) is 0.813. The lowest BCUT2D eigenvalue weighted by Crippen LogP contribution is -2.13. The maximum absolute atomic E-state index is 11.2. The van der Waals surface area contributed by atoms with E-state index in [2.05, 4.69) is 0 Å². The second-order valence-corrected chi connectivity index (χ2v) is 6.24. The smallest absolute Gasteiger partial charge is 0.152 e. The normalized spacial score (nSPS) is 14.3. The van der Waals surface area contributed by atoms with Gasteiger partial charge < -0.3 is 4.55 Å². The van der Waals surface area contributed by atoms with Crippen molar-refractivity contribution in [1.82, 2.24) is 0 Å². The van der Waals surface area contributed by atoms with Crippen LogP contribution in [0.2, 0.25) is 0 Å². The van der Waals surface area contributed by atoms with Gasteiger partial charge in [-0.1, -0.05) is 13.3 Å². The lowest BCUT2D eigenvalue weighted by atomic mass is 10.4. The van der Waals surface area contributed by atoms with Crippen molar-refractivity contribution in [2.75, 3.05) is 17.3 Å². The summed E-state index contributed by atoms with van der Waals surface area (Å²) >= 11 is -1.87. The van der Waals surface area contributed by atoms with Crippen LogP contribution in [0.3, 0.4) is 0 Å². The zero-order valence-corrected chi connectivity index (χ0v) is 9.36. The molecule has 80 valence electrons. The highest BCUT2D eigenvalue weighted by molar-refractivity contribution is 7.91. The summed E-state index contributed by atoms with van der Waals surface area (Å²) in [5.41, 5.74) is 0. The highest BCUT2D eigenvalue weighted by Gasteiger charge is 2.09. The summed E-state index contributed by atoms with van der Waals surface area (Å²) in [7, 11) is -2.98. The molecule has 0 heterocycles. The molecule has 0 rings (SSSR count). The summed E-state index contributed by atoms with van der Waals surface area (Å²) < 4.78 is 41.0. The van der Waals surface area contributed by atoms with Gasteiger partial charge in [0, 0.05) is 0 Å². The van der Waals surface area contributed by atoms with Gasteiger partial charge in [-0.05, 0) is 12.8 Å². The molecule has 0 saturated heterocycles. The summed E-state index contributed by atoms with van der Waals surface area (Å²) in [6.07, 6.45) is 1.80. The SMILES string of the molecule is CCCCS(=O)(=O)CCCS(=O)O. The van der Waals surface area contributed by atoms with Crippen molar-refractivity contribution >= 4 is 20.9 Å². The zero-order chi connectivity index (χ0) is 10.3. The molecule has 0 aliphatic heterocycles. The first-order chi connectivity index (χ1) is 5.98. The Morgan fingerprint density at radius 1 is 1.23 bits per heavy atom. The molecule has 0 aromatic carbocycles. The quantitative estimate of drug-likeness (QED) is 0.655. The van der Waals surface area contributed by atoms with Gasteiger partial charge in [-0.15, -0.1) is 0 Å². The minimum atomic E-state index is -2.98. The number of rotatable bonds is 7.